The number of nitrogens with one attached hydrogen (secondary N) is 1. The Kier molecular flexibility index (Phi) is 8.59. The molecule has 1 unspecified atom stereocenters. The van der Waals surface area contributed by atoms with Gasteiger partial charge in [0.25, 0.3) is 0 Å². The number of aryl methyl sites for hydroxylation is 3. The summed E-state index contributed by atoms with van der Waals surface area (Å²) in [7, 11) is 0. The molecule has 0 amide bonds. The van der Waals surface area contributed by atoms with Gasteiger partial charge >= 0.3 is 0 Å². The molecule has 1 aromatic heterocycles. The fourth-order valence-electron chi connectivity index (χ4n) is 2.74. The summed E-state index contributed by atoms with van der Waals surface area (Å²) in [6, 6.07) is 2.99. The summed E-state index contributed by atoms with van der Waals surface area (Å²) in [6.07, 6.45) is 8.54. The topological polar surface area (TPSA) is 29.9 Å². The van der Waals surface area contributed by atoms with Gasteiger partial charge in [0.05, 0.1) is 5.69 Å². The Balaban J connectivity index is 2.42. The largest absolute Gasteiger partial charge is 0.314 e. The third kappa shape index (κ3) is 5.66. The van der Waals surface area contributed by atoms with Crippen LogP contribution in [0.25, 0.3) is 0 Å². The molecule has 0 aliphatic carbocycles. The van der Waals surface area contributed by atoms with Crippen LogP contribution in [0.2, 0.25) is 0 Å². The zero-order chi connectivity index (χ0) is 14.8. The predicted octanol–water partition coefficient (Wildman–Crippen LogP) is 3.96. The molecule has 0 saturated carbocycles. The van der Waals surface area contributed by atoms with Crippen molar-refractivity contribution >= 4 is 0 Å². The van der Waals surface area contributed by atoms with Gasteiger partial charge in [0, 0.05) is 18.3 Å². The number of hydrogen-bond donors (Lipinski definition) is 1. The summed E-state index contributed by atoms with van der Waals surface area (Å²) in [5.74, 6) is 0. The molecule has 20 heavy (non-hydrogen) atoms. The smallest absolute Gasteiger partial charge is 0.0624 e. The Labute approximate surface area is 125 Å². The molecule has 1 heterocycles. The van der Waals surface area contributed by atoms with Crippen LogP contribution in [-0.4, -0.2) is 22.4 Å². The normalized spacial score (nSPS) is 12.8. The average molecular weight is 279 g/mol. The molecular weight excluding hydrogens is 246 g/mol. The zero-order valence-electron chi connectivity index (χ0n) is 13.9. The lowest BCUT2D eigenvalue weighted by Gasteiger charge is -2.17. The second kappa shape index (κ2) is 9.98. The van der Waals surface area contributed by atoms with E-state index >= 15 is 0 Å². The van der Waals surface area contributed by atoms with E-state index in [1.54, 1.807) is 0 Å². The quantitative estimate of drug-likeness (QED) is 0.664. The Hall–Kier alpha value is -0.830. The molecule has 3 nitrogen and oxygen atoms in total. The highest BCUT2D eigenvalue weighted by Gasteiger charge is 2.09. The van der Waals surface area contributed by atoms with E-state index in [0.29, 0.717) is 6.04 Å². The first-order valence-electron chi connectivity index (χ1n) is 8.54. The second-order valence-electron chi connectivity index (χ2n) is 5.63. The molecule has 0 saturated heterocycles. The molecule has 1 atom stereocenters. The summed E-state index contributed by atoms with van der Waals surface area (Å²) in [5.41, 5.74) is 2.64. The summed E-state index contributed by atoms with van der Waals surface area (Å²) in [6.45, 7) is 11.0. The molecule has 0 spiro atoms. The average Bonchev–Trinajstić information content (AvgIpc) is 2.87. The molecule has 116 valence electrons. The minimum Gasteiger partial charge on any atom is -0.314 e. The number of rotatable bonds is 11. The third-order valence-electron chi connectivity index (χ3n) is 3.88. The Morgan fingerprint density at radius 1 is 1.15 bits per heavy atom. The van der Waals surface area contributed by atoms with E-state index in [1.807, 2.05) is 0 Å². The molecule has 0 radical (unpaired) electrons. The molecular formula is C17H33N3. The van der Waals surface area contributed by atoms with Crippen LogP contribution in [0.15, 0.2) is 6.07 Å². The maximum absolute atomic E-state index is 4.63. The van der Waals surface area contributed by atoms with E-state index < -0.39 is 0 Å². The van der Waals surface area contributed by atoms with Gasteiger partial charge in [-0.3, -0.25) is 4.68 Å². The first kappa shape index (κ1) is 17.2. The molecule has 0 aliphatic rings. The molecule has 0 bridgehead atoms. The van der Waals surface area contributed by atoms with E-state index in [2.05, 4.69) is 48.9 Å². The number of hydrogen-bond acceptors (Lipinski definition) is 2. The lowest BCUT2D eigenvalue weighted by molar-refractivity contribution is 0.434. The highest BCUT2D eigenvalue weighted by molar-refractivity contribution is 5.10. The lowest BCUT2D eigenvalue weighted by atomic mass is 10.0. The minimum absolute atomic E-state index is 0.698. The van der Waals surface area contributed by atoms with Gasteiger partial charge in [0.2, 0.25) is 0 Å². The van der Waals surface area contributed by atoms with Crippen LogP contribution in [0.5, 0.6) is 0 Å². The highest BCUT2D eigenvalue weighted by atomic mass is 15.3. The van der Waals surface area contributed by atoms with Crippen LogP contribution in [0, 0.1) is 0 Å². The third-order valence-corrected chi connectivity index (χ3v) is 3.88. The van der Waals surface area contributed by atoms with Crippen molar-refractivity contribution < 1.29 is 0 Å². The Bertz CT molecular complexity index is 357. The van der Waals surface area contributed by atoms with Crippen LogP contribution in [0.4, 0.5) is 0 Å². The van der Waals surface area contributed by atoms with E-state index in [9.17, 15) is 0 Å². The van der Waals surface area contributed by atoms with Gasteiger partial charge in [-0.1, -0.05) is 27.2 Å². The van der Waals surface area contributed by atoms with Gasteiger partial charge in [0.1, 0.15) is 0 Å². The van der Waals surface area contributed by atoms with Crippen LogP contribution in [0.1, 0.15) is 71.2 Å². The van der Waals surface area contributed by atoms with Gasteiger partial charge in [0.15, 0.2) is 0 Å². The Morgan fingerprint density at radius 2 is 1.95 bits per heavy atom. The summed E-state index contributed by atoms with van der Waals surface area (Å²) >= 11 is 0. The molecule has 1 N–H and O–H groups in total. The maximum Gasteiger partial charge on any atom is 0.0624 e. The van der Waals surface area contributed by atoms with Crippen molar-refractivity contribution in [3.8, 4) is 0 Å². The van der Waals surface area contributed by atoms with E-state index in [1.165, 1.54) is 43.5 Å². The molecule has 1 rings (SSSR count). The van der Waals surface area contributed by atoms with Crippen LogP contribution >= 0.6 is 0 Å². The van der Waals surface area contributed by atoms with Gasteiger partial charge in [-0.05, 0) is 58.1 Å². The van der Waals surface area contributed by atoms with Gasteiger partial charge in [-0.25, -0.2) is 0 Å². The van der Waals surface area contributed by atoms with Crippen molar-refractivity contribution in [2.75, 3.05) is 6.54 Å². The molecule has 1 aromatic rings. The number of nitrogens with zero attached hydrogens (tertiary/aromatic N) is 2. The standard InChI is InChI=1S/C17H33N3/c1-5-10-16(18-13-6-2)11-9-12-17-14-15(7-3)19-20(17)8-4/h14,16,18H,5-13H2,1-4H3. The summed E-state index contributed by atoms with van der Waals surface area (Å²) < 4.78 is 2.17. The van der Waals surface area contributed by atoms with Crippen LogP contribution in [-0.2, 0) is 19.4 Å². The van der Waals surface area contributed by atoms with Crippen molar-refractivity contribution in [1.82, 2.24) is 15.1 Å². The van der Waals surface area contributed by atoms with Gasteiger partial charge < -0.3 is 5.32 Å². The fourth-order valence-corrected chi connectivity index (χ4v) is 2.74. The fraction of sp³-hybridized carbons (Fsp3) is 0.824. The van der Waals surface area contributed by atoms with Crippen molar-refractivity contribution in [2.45, 2.75) is 85.2 Å². The molecule has 3 heteroatoms. The van der Waals surface area contributed by atoms with E-state index in [0.717, 1.165) is 25.9 Å². The van der Waals surface area contributed by atoms with Crippen molar-refractivity contribution in [1.29, 1.82) is 0 Å². The molecule has 0 aliphatic heterocycles. The van der Waals surface area contributed by atoms with Crippen molar-refractivity contribution in [3.05, 3.63) is 17.5 Å². The van der Waals surface area contributed by atoms with Gasteiger partial charge in [-0.15, -0.1) is 0 Å². The van der Waals surface area contributed by atoms with Crippen LogP contribution < -0.4 is 5.32 Å². The lowest BCUT2D eigenvalue weighted by Crippen LogP contribution is -2.29. The molecule has 0 aromatic carbocycles. The van der Waals surface area contributed by atoms with Crippen molar-refractivity contribution in [2.24, 2.45) is 0 Å². The monoisotopic (exact) mass is 279 g/mol. The first-order valence-corrected chi connectivity index (χ1v) is 8.54. The van der Waals surface area contributed by atoms with Crippen molar-refractivity contribution in [3.63, 3.8) is 0 Å². The predicted molar refractivity (Wildman–Crippen MR) is 87.2 cm³/mol. The maximum atomic E-state index is 4.63. The van der Waals surface area contributed by atoms with E-state index in [-0.39, 0.29) is 0 Å². The SMILES string of the molecule is CCCNC(CCC)CCCc1cc(CC)nn1CC. The summed E-state index contributed by atoms with van der Waals surface area (Å²) in [4.78, 5) is 0. The second-order valence-corrected chi connectivity index (χ2v) is 5.63. The summed E-state index contributed by atoms with van der Waals surface area (Å²) in [5, 5.41) is 8.31. The zero-order valence-corrected chi connectivity index (χ0v) is 13.9. The Morgan fingerprint density at radius 3 is 2.55 bits per heavy atom. The molecule has 0 fully saturated rings. The minimum atomic E-state index is 0.698. The van der Waals surface area contributed by atoms with Crippen LogP contribution in [0.3, 0.4) is 0 Å². The highest BCUT2D eigenvalue weighted by Crippen LogP contribution is 2.12. The van der Waals surface area contributed by atoms with E-state index in [4.69, 9.17) is 0 Å². The van der Waals surface area contributed by atoms with Gasteiger partial charge in [-0.2, -0.15) is 5.10 Å². The first-order chi connectivity index (χ1) is 9.74. The number of aromatic nitrogens is 2.